The number of rotatable bonds is 2. The van der Waals surface area contributed by atoms with Gasteiger partial charge in [-0.25, -0.2) is 4.79 Å². The fourth-order valence-corrected chi connectivity index (χ4v) is 2.18. The van der Waals surface area contributed by atoms with Gasteiger partial charge in [-0.15, -0.1) is 0 Å². The highest BCUT2D eigenvalue weighted by Crippen LogP contribution is 2.19. The summed E-state index contributed by atoms with van der Waals surface area (Å²) < 4.78 is 1.88. The van der Waals surface area contributed by atoms with Gasteiger partial charge >= 0.3 is 5.97 Å². The zero-order valence-electron chi connectivity index (χ0n) is 8.62. The SMILES string of the molecule is CCn1cc(C(=O)O)c(=O)c2c1CCC2. The van der Waals surface area contributed by atoms with E-state index in [4.69, 9.17) is 5.11 Å². The standard InChI is InChI=1S/C11H13NO3/c1-2-12-6-8(11(14)15)10(13)7-4-3-5-9(7)12/h6H,2-5H2,1H3,(H,14,15). The maximum atomic E-state index is 11.8. The Labute approximate surface area is 87.2 Å². The summed E-state index contributed by atoms with van der Waals surface area (Å²) in [6, 6.07) is 0. The lowest BCUT2D eigenvalue weighted by molar-refractivity contribution is 0.0694. The minimum Gasteiger partial charge on any atom is -0.477 e. The summed E-state index contributed by atoms with van der Waals surface area (Å²) in [5.74, 6) is -1.13. The lowest BCUT2D eigenvalue weighted by Crippen LogP contribution is -2.22. The summed E-state index contributed by atoms with van der Waals surface area (Å²) in [5.41, 5.74) is 1.33. The van der Waals surface area contributed by atoms with Crippen molar-refractivity contribution in [2.24, 2.45) is 0 Å². The van der Waals surface area contributed by atoms with E-state index < -0.39 is 5.97 Å². The van der Waals surface area contributed by atoms with Crippen molar-refractivity contribution >= 4 is 5.97 Å². The number of carboxylic acid groups (broad SMARTS) is 1. The van der Waals surface area contributed by atoms with E-state index in [-0.39, 0.29) is 11.0 Å². The number of hydrogen-bond acceptors (Lipinski definition) is 2. The molecule has 0 amide bonds. The maximum absolute atomic E-state index is 11.8. The molecule has 2 rings (SSSR count). The molecule has 0 aliphatic heterocycles. The third kappa shape index (κ3) is 1.46. The van der Waals surface area contributed by atoms with Gasteiger partial charge in [0.05, 0.1) is 0 Å². The lowest BCUT2D eigenvalue weighted by atomic mass is 10.1. The van der Waals surface area contributed by atoms with Gasteiger partial charge in [-0.1, -0.05) is 0 Å². The number of nitrogens with zero attached hydrogens (tertiary/aromatic N) is 1. The van der Waals surface area contributed by atoms with E-state index in [1.165, 1.54) is 6.20 Å². The molecule has 1 N–H and O–H groups in total. The highest BCUT2D eigenvalue weighted by atomic mass is 16.4. The Hall–Kier alpha value is -1.58. The van der Waals surface area contributed by atoms with Crippen LogP contribution >= 0.6 is 0 Å². The molecule has 0 fully saturated rings. The molecule has 1 aliphatic carbocycles. The van der Waals surface area contributed by atoms with E-state index in [2.05, 4.69) is 0 Å². The summed E-state index contributed by atoms with van der Waals surface area (Å²) in [5, 5.41) is 8.90. The third-order valence-corrected chi connectivity index (χ3v) is 2.91. The molecule has 0 unspecified atom stereocenters. The van der Waals surface area contributed by atoms with Gasteiger partial charge in [0.15, 0.2) is 5.43 Å². The second-order valence-corrected chi connectivity index (χ2v) is 3.74. The van der Waals surface area contributed by atoms with E-state index in [9.17, 15) is 9.59 Å². The summed E-state index contributed by atoms with van der Waals surface area (Å²) in [7, 11) is 0. The topological polar surface area (TPSA) is 59.3 Å². The number of carbonyl (C=O) groups is 1. The van der Waals surface area contributed by atoms with E-state index >= 15 is 0 Å². The summed E-state index contributed by atoms with van der Waals surface area (Å²) in [4.78, 5) is 22.7. The van der Waals surface area contributed by atoms with Crippen molar-refractivity contribution in [1.29, 1.82) is 0 Å². The monoisotopic (exact) mass is 207 g/mol. The van der Waals surface area contributed by atoms with Crippen LogP contribution in [0.1, 0.15) is 35.0 Å². The van der Waals surface area contributed by atoms with Crippen molar-refractivity contribution in [1.82, 2.24) is 4.57 Å². The van der Waals surface area contributed by atoms with E-state index in [1.54, 1.807) is 0 Å². The van der Waals surface area contributed by atoms with Crippen molar-refractivity contribution in [3.05, 3.63) is 33.2 Å². The van der Waals surface area contributed by atoms with Crippen LogP contribution in [0.5, 0.6) is 0 Å². The number of aromatic nitrogens is 1. The Morgan fingerprint density at radius 1 is 1.53 bits per heavy atom. The minimum absolute atomic E-state index is 0.0995. The van der Waals surface area contributed by atoms with Crippen molar-refractivity contribution in [3.63, 3.8) is 0 Å². The first kappa shape index (κ1) is 9.96. The van der Waals surface area contributed by atoms with Crippen LogP contribution in [-0.2, 0) is 19.4 Å². The maximum Gasteiger partial charge on any atom is 0.341 e. The fourth-order valence-electron chi connectivity index (χ4n) is 2.18. The zero-order valence-corrected chi connectivity index (χ0v) is 8.62. The zero-order chi connectivity index (χ0) is 11.0. The molecule has 80 valence electrons. The van der Waals surface area contributed by atoms with Gasteiger partial charge in [0, 0.05) is 24.0 Å². The van der Waals surface area contributed by atoms with Crippen LogP contribution in [0, 0.1) is 0 Å². The van der Waals surface area contributed by atoms with Gasteiger partial charge in [-0.05, 0) is 26.2 Å². The van der Waals surface area contributed by atoms with E-state index in [1.807, 2.05) is 11.5 Å². The van der Waals surface area contributed by atoms with Crippen LogP contribution in [-0.4, -0.2) is 15.6 Å². The van der Waals surface area contributed by atoms with Gasteiger partial charge < -0.3 is 9.67 Å². The van der Waals surface area contributed by atoms with Crippen molar-refractivity contribution in [2.75, 3.05) is 0 Å². The molecule has 1 aromatic heterocycles. The van der Waals surface area contributed by atoms with Gasteiger partial charge in [-0.3, -0.25) is 4.79 Å². The van der Waals surface area contributed by atoms with Crippen LogP contribution in [0.25, 0.3) is 0 Å². The number of pyridine rings is 1. The molecule has 1 aromatic rings. The molecule has 0 bridgehead atoms. The van der Waals surface area contributed by atoms with Crippen LogP contribution in [0.2, 0.25) is 0 Å². The normalized spacial score (nSPS) is 13.9. The van der Waals surface area contributed by atoms with Crippen LogP contribution in [0.15, 0.2) is 11.0 Å². The molecule has 0 saturated carbocycles. The van der Waals surface area contributed by atoms with Crippen LogP contribution in [0.4, 0.5) is 0 Å². The highest BCUT2D eigenvalue weighted by molar-refractivity contribution is 5.87. The second-order valence-electron chi connectivity index (χ2n) is 3.74. The van der Waals surface area contributed by atoms with E-state index in [0.29, 0.717) is 12.1 Å². The Morgan fingerprint density at radius 2 is 2.27 bits per heavy atom. The van der Waals surface area contributed by atoms with Gasteiger partial charge in [-0.2, -0.15) is 0 Å². The number of hydrogen-bond donors (Lipinski definition) is 1. The Kier molecular flexibility index (Phi) is 2.34. The van der Waals surface area contributed by atoms with Crippen molar-refractivity contribution in [3.8, 4) is 0 Å². The Morgan fingerprint density at radius 3 is 2.87 bits per heavy atom. The predicted molar refractivity (Wildman–Crippen MR) is 55.4 cm³/mol. The number of aryl methyl sites for hydroxylation is 1. The molecule has 0 saturated heterocycles. The van der Waals surface area contributed by atoms with Gasteiger partial charge in [0.25, 0.3) is 0 Å². The fraction of sp³-hybridized carbons (Fsp3) is 0.455. The summed E-state index contributed by atoms with van der Waals surface area (Å²) in [6.45, 7) is 2.66. The Bertz CT molecular complexity index is 473. The predicted octanol–water partition coefficient (Wildman–Crippen LogP) is 1.06. The second kappa shape index (κ2) is 3.53. The molecule has 1 aliphatic rings. The third-order valence-electron chi connectivity index (χ3n) is 2.91. The van der Waals surface area contributed by atoms with Crippen LogP contribution < -0.4 is 5.43 Å². The summed E-state index contributed by atoms with van der Waals surface area (Å²) in [6.07, 6.45) is 4.02. The first-order valence-electron chi connectivity index (χ1n) is 5.13. The molecule has 0 aromatic carbocycles. The van der Waals surface area contributed by atoms with Crippen LogP contribution in [0.3, 0.4) is 0 Å². The lowest BCUT2D eigenvalue weighted by Gasteiger charge is -2.11. The van der Waals surface area contributed by atoms with Gasteiger partial charge in [0.2, 0.25) is 0 Å². The quantitative estimate of drug-likeness (QED) is 0.788. The molecule has 0 atom stereocenters. The molecule has 4 heteroatoms. The molecule has 4 nitrogen and oxygen atoms in total. The highest BCUT2D eigenvalue weighted by Gasteiger charge is 2.22. The average molecular weight is 207 g/mol. The Balaban J connectivity index is 2.72. The molecular weight excluding hydrogens is 194 g/mol. The number of carboxylic acids is 1. The molecule has 1 heterocycles. The largest absolute Gasteiger partial charge is 0.477 e. The van der Waals surface area contributed by atoms with Crippen molar-refractivity contribution in [2.45, 2.75) is 32.7 Å². The average Bonchev–Trinajstić information content (AvgIpc) is 2.67. The van der Waals surface area contributed by atoms with E-state index in [0.717, 1.165) is 25.0 Å². The number of aromatic carboxylic acids is 1. The molecule has 0 spiro atoms. The van der Waals surface area contributed by atoms with Gasteiger partial charge in [0.1, 0.15) is 5.56 Å². The first-order chi connectivity index (χ1) is 7.15. The summed E-state index contributed by atoms with van der Waals surface area (Å²) >= 11 is 0. The first-order valence-corrected chi connectivity index (χ1v) is 5.13. The molecular formula is C11H13NO3. The minimum atomic E-state index is -1.13. The van der Waals surface area contributed by atoms with Crippen molar-refractivity contribution < 1.29 is 9.90 Å². The smallest absolute Gasteiger partial charge is 0.341 e. The molecule has 15 heavy (non-hydrogen) atoms. The number of fused-ring (bicyclic) bond motifs is 1. The molecule has 0 radical (unpaired) electrons.